The third-order valence-electron chi connectivity index (χ3n) is 3.29. The Balaban J connectivity index is 1.81. The lowest BCUT2D eigenvalue weighted by molar-refractivity contribution is 0.243. The van der Waals surface area contributed by atoms with Gasteiger partial charge < -0.3 is 10.6 Å². The average Bonchev–Trinajstić information content (AvgIpc) is 2.48. The summed E-state index contributed by atoms with van der Waals surface area (Å²) in [5, 5.41) is 6.01. The Morgan fingerprint density at radius 1 is 1.33 bits per heavy atom. The van der Waals surface area contributed by atoms with Gasteiger partial charge in [-0.05, 0) is 37.6 Å². The van der Waals surface area contributed by atoms with Gasteiger partial charge in [0.05, 0.1) is 0 Å². The molecule has 0 radical (unpaired) electrons. The number of carbonyl (C=O) groups excluding carboxylic acids is 1. The first-order valence-corrected chi connectivity index (χ1v) is 6.94. The number of benzene rings is 1. The highest BCUT2D eigenvalue weighted by atomic mass is 16.2. The summed E-state index contributed by atoms with van der Waals surface area (Å²) < 4.78 is 0. The summed E-state index contributed by atoms with van der Waals surface area (Å²) in [5.74, 6) is 0.551. The Kier molecular flexibility index (Phi) is 3.68. The number of anilines is 3. The van der Waals surface area contributed by atoms with E-state index in [1.54, 1.807) is 11.1 Å². The number of amides is 2. The second-order valence-electron chi connectivity index (χ2n) is 4.93. The number of urea groups is 1. The first-order valence-electron chi connectivity index (χ1n) is 6.94. The SMILES string of the molecule is Cc1ccnc(Nc2cccc(N3CCCNC3=O)c2)n1. The van der Waals surface area contributed by atoms with Crippen LogP contribution < -0.4 is 15.5 Å². The number of hydrogen-bond acceptors (Lipinski definition) is 4. The van der Waals surface area contributed by atoms with E-state index in [9.17, 15) is 4.79 Å². The summed E-state index contributed by atoms with van der Waals surface area (Å²) in [6, 6.07) is 9.49. The highest BCUT2D eigenvalue weighted by Gasteiger charge is 2.19. The van der Waals surface area contributed by atoms with E-state index in [4.69, 9.17) is 0 Å². The van der Waals surface area contributed by atoms with Gasteiger partial charge in [0, 0.05) is 36.4 Å². The quantitative estimate of drug-likeness (QED) is 0.907. The highest BCUT2D eigenvalue weighted by Crippen LogP contribution is 2.22. The molecule has 108 valence electrons. The molecule has 6 nitrogen and oxygen atoms in total. The van der Waals surface area contributed by atoms with Crippen LogP contribution in [0.1, 0.15) is 12.1 Å². The first-order chi connectivity index (χ1) is 10.2. The fraction of sp³-hybridized carbons (Fsp3) is 0.267. The Morgan fingerprint density at radius 2 is 2.24 bits per heavy atom. The zero-order valence-corrected chi connectivity index (χ0v) is 11.8. The summed E-state index contributed by atoms with van der Waals surface area (Å²) >= 11 is 0. The molecule has 2 amide bonds. The normalized spacial score (nSPS) is 14.7. The lowest BCUT2D eigenvalue weighted by Gasteiger charge is -2.27. The van der Waals surface area contributed by atoms with Crippen molar-refractivity contribution in [3.8, 4) is 0 Å². The predicted molar refractivity (Wildman–Crippen MR) is 81.9 cm³/mol. The summed E-state index contributed by atoms with van der Waals surface area (Å²) in [6.45, 7) is 3.39. The van der Waals surface area contributed by atoms with E-state index in [1.165, 1.54) is 0 Å². The van der Waals surface area contributed by atoms with E-state index in [-0.39, 0.29) is 6.03 Å². The van der Waals surface area contributed by atoms with Crippen LogP contribution >= 0.6 is 0 Å². The van der Waals surface area contributed by atoms with Gasteiger partial charge in [0.2, 0.25) is 5.95 Å². The van der Waals surface area contributed by atoms with E-state index in [1.807, 2.05) is 37.3 Å². The third kappa shape index (κ3) is 3.10. The van der Waals surface area contributed by atoms with E-state index >= 15 is 0 Å². The molecule has 0 unspecified atom stereocenters. The Bertz CT molecular complexity index is 658. The lowest BCUT2D eigenvalue weighted by atomic mass is 10.2. The number of nitrogens with one attached hydrogen (secondary N) is 2. The van der Waals surface area contributed by atoms with Gasteiger partial charge in [-0.1, -0.05) is 6.07 Å². The van der Waals surface area contributed by atoms with Crippen LogP contribution in [0.5, 0.6) is 0 Å². The van der Waals surface area contributed by atoms with E-state index in [0.717, 1.165) is 36.6 Å². The van der Waals surface area contributed by atoms with Gasteiger partial charge in [-0.15, -0.1) is 0 Å². The fourth-order valence-electron chi connectivity index (χ4n) is 2.27. The molecule has 0 bridgehead atoms. The van der Waals surface area contributed by atoms with Crippen molar-refractivity contribution < 1.29 is 4.79 Å². The van der Waals surface area contributed by atoms with Gasteiger partial charge in [-0.2, -0.15) is 0 Å². The van der Waals surface area contributed by atoms with Crippen molar-refractivity contribution in [2.45, 2.75) is 13.3 Å². The molecule has 0 saturated carbocycles. The molecule has 0 spiro atoms. The Hall–Kier alpha value is -2.63. The monoisotopic (exact) mass is 283 g/mol. The van der Waals surface area contributed by atoms with Crippen LogP contribution in [0.2, 0.25) is 0 Å². The Labute approximate surface area is 123 Å². The first kappa shape index (κ1) is 13.4. The van der Waals surface area contributed by atoms with Gasteiger partial charge in [0.1, 0.15) is 0 Å². The second-order valence-corrected chi connectivity index (χ2v) is 4.93. The Morgan fingerprint density at radius 3 is 3.05 bits per heavy atom. The molecule has 1 fully saturated rings. The molecule has 1 aromatic heterocycles. The number of aryl methyl sites for hydroxylation is 1. The molecule has 2 N–H and O–H groups in total. The zero-order chi connectivity index (χ0) is 14.7. The van der Waals surface area contributed by atoms with Gasteiger partial charge >= 0.3 is 6.03 Å². The lowest BCUT2D eigenvalue weighted by Crippen LogP contribution is -2.46. The van der Waals surface area contributed by atoms with Crippen LogP contribution in [0.3, 0.4) is 0 Å². The largest absolute Gasteiger partial charge is 0.338 e. The molecule has 0 aliphatic carbocycles. The van der Waals surface area contributed by atoms with Crippen molar-refractivity contribution in [1.82, 2.24) is 15.3 Å². The number of aromatic nitrogens is 2. The molecule has 1 aliphatic heterocycles. The molecule has 2 heterocycles. The number of carbonyl (C=O) groups is 1. The highest BCUT2D eigenvalue weighted by molar-refractivity contribution is 5.93. The van der Waals surface area contributed by atoms with Crippen molar-refractivity contribution in [2.24, 2.45) is 0 Å². The number of nitrogens with zero attached hydrogens (tertiary/aromatic N) is 3. The van der Waals surface area contributed by atoms with Crippen LogP contribution in [0.4, 0.5) is 22.1 Å². The molecular formula is C15H17N5O. The summed E-state index contributed by atoms with van der Waals surface area (Å²) in [7, 11) is 0. The second kappa shape index (κ2) is 5.78. The molecule has 2 aromatic rings. The molecule has 21 heavy (non-hydrogen) atoms. The van der Waals surface area contributed by atoms with Gasteiger partial charge in [-0.25, -0.2) is 14.8 Å². The molecule has 0 atom stereocenters. The van der Waals surface area contributed by atoms with E-state index in [2.05, 4.69) is 20.6 Å². The molecule has 6 heteroatoms. The average molecular weight is 283 g/mol. The van der Waals surface area contributed by atoms with Gasteiger partial charge in [0.25, 0.3) is 0 Å². The number of rotatable bonds is 3. The van der Waals surface area contributed by atoms with E-state index in [0.29, 0.717) is 5.95 Å². The fourth-order valence-corrected chi connectivity index (χ4v) is 2.27. The minimum absolute atomic E-state index is 0.0507. The molecule has 1 aliphatic rings. The summed E-state index contributed by atoms with van der Waals surface area (Å²) in [6.07, 6.45) is 2.66. The van der Waals surface area contributed by atoms with Crippen LogP contribution in [0.15, 0.2) is 36.5 Å². The van der Waals surface area contributed by atoms with Crippen LogP contribution in [0, 0.1) is 6.92 Å². The topological polar surface area (TPSA) is 70.2 Å². The van der Waals surface area contributed by atoms with Gasteiger partial charge in [-0.3, -0.25) is 4.90 Å². The van der Waals surface area contributed by atoms with Crippen LogP contribution in [0.25, 0.3) is 0 Å². The summed E-state index contributed by atoms with van der Waals surface area (Å²) in [5.41, 5.74) is 2.63. The van der Waals surface area contributed by atoms with E-state index < -0.39 is 0 Å². The minimum atomic E-state index is -0.0507. The smallest absolute Gasteiger partial charge is 0.321 e. The standard InChI is InChI=1S/C15H17N5O/c1-11-6-8-16-14(18-11)19-12-4-2-5-13(10-12)20-9-3-7-17-15(20)21/h2,4-6,8,10H,3,7,9H2,1H3,(H,17,21)(H,16,18,19). The predicted octanol–water partition coefficient (Wildman–Crippen LogP) is 2.45. The van der Waals surface area contributed by atoms with Crippen molar-refractivity contribution in [1.29, 1.82) is 0 Å². The minimum Gasteiger partial charge on any atom is -0.338 e. The zero-order valence-electron chi connectivity index (χ0n) is 11.8. The third-order valence-corrected chi connectivity index (χ3v) is 3.29. The maximum Gasteiger partial charge on any atom is 0.321 e. The molecular weight excluding hydrogens is 266 g/mol. The maximum absolute atomic E-state index is 11.9. The van der Waals surface area contributed by atoms with Crippen molar-refractivity contribution in [2.75, 3.05) is 23.3 Å². The summed E-state index contributed by atoms with van der Waals surface area (Å²) in [4.78, 5) is 22.1. The molecule has 3 rings (SSSR count). The van der Waals surface area contributed by atoms with Crippen LogP contribution in [-0.2, 0) is 0 Å². The molecule has 1 saturated heterocycles. The van der Waals surface area contributed by atoms with Crippen molar-refractivity contribution in [3.63, 3.8) is 0 Å². The number of hydrogen-bond donors (Lipinski definition) is 2. The van der Waals surface area contributed by atoms with Crippen molar-refractivity contribution in [3.05, 3.63) is 42.2 Å². The van der Waals surface area contributed by atoms with Gasteiger partial charge in [0.15, 0.2) is 0 Å². The van der Waals surface area contributed by atoms with Crippen LogP contribution in [-0.4, -0.2) is 29.1 Å². The van der Waals surface area contributed by atoms with Crippen molar-refractivity contribution >= 4 is 23.4 Å². The maximum atomic E-state index is 11.9. The molecule has 1 aromatic carbocycles.